The molecule has 2 aliphatic carbocycles. The molecule has 0 saturated heterocycles. The van der Waals surface area contributed by atoms with Gasteiger partial charge in [-0.15, -0.1) is 0 Å². The van der Waals surface area contributed by atoms with Crippen molar-refractivity contribution in [1.29, 1.82) is 0 Å². The van der Waals surface area contributed by atoms with E-state index in [1.54, 1.807) is 0 Å². The van der Waals surface area contributed by atoms with Crippen LogP contribution in [0, 0.1) is 17.8 Å². The molecular formula is C18H26O. The molecule has 0 heterocycles. The maximum atomic E-state index is 11.3. The van der Waals surface area contributed by atoms with Gasteiger partial charge >= 0.3 is 0 Å². The number of hydrogen-bond donors (Lipinski definition) is 1. The van der Waals surface area contributed by atoms with E-state index in [9.17, 15) is 5.11 Å². The Bertz CT molecular complexity index is 416. The molecular weight excluding hydrogens is 232 g/mol. The van der Waals surface area contributed by atoms with Crippen molar-refractivity contribution in [3.05, 3.63) is 35.4 Å². The summed E-state index contributed by atoms with van der Waals surface area (Å²) in [4.78, 5) is 0. The van der Waals surface area contributed by atoms with Crippen LogP contribution in [-0.2, 0) is 12.8 Å². The summed E-state index contributed by atoms with van der Waals surface area (Å²) in [7, 11) is 0. The Labute approximate surface area is 117 Å². The molecule has 0 aromatic heterocycles. The van der Waals surface area contributed by atoms with Gasteiger partial charge in [-0.05, 0) is 67.4 Å². The van der Waals surface area contributed by atoms with Crippen molar-refractivity contribution in [2.45, 2.75) is 58.0 Å². The monoisotopic (exact) mass is 258 g/mol. The molecule has 2 unspecified atom stereocenters. The van der Waals surface area contributed by atoms with Crippen LogP contribution >= 0.6 is 0 Å². The third-order valence-electron chi connectivity index (χ3n) is 5.45. The topological polar surface area (TPSA) is 20.2 Å². The van der Waals surface area contributed by atoms with E-state index in [4.69, 9.17) is 0 Å². The fraction of sp³-hybridized carbons (Fsp3) is 0.667. The van der Waals surface area contributed by atoms with Crippen LogP contribution in [0.4, 0.5) is 0 Å². The van der Waals surface area contributed by atoms with Gasteiger partial charge < -0.3 is 5.11 Å². The van der Waals surface area contributed by atoms with E-state index in [1.807, 2.05) is 0 Å². The average Bonchev–Trinajstić information content (AvgIpc) is 2.59. The molecule has 1 saturated carbocycles. The molecule has 1 nitrogen and oxygen atoms in total. The Hall–Kier alpha value is -0.820. The maximum absolute atomic E-state index is 11.3. The first kappa shape index (κ1) is 13.2. The molecule has 0 radical (unpaired) electrons. The third kappa shape index (κ3) is 2.33. The predicted molar refractivity (Wildman–Crippen MR) is 79.1 cm³/mol. The molecule has 1 aromatic rings. The van der Waals surface area contributed by atoms with Crippen LogP contribution in [0.15, 0.2) is 24.3 Å². The lowest BCUT2D eigenvalue weighted by molar-refractivity contribution is -0.0445. The minimum Gasteiger partial charge on any atom is -0.389 e. The van der Waals surface area contributed by atoms with Crippen LogP contribution < -0.4 is 0 Å². The minimum absolute atomic E-state index is 0.400. The number of hydrogen-bond acceptors (Lipinski definition) is 1. The first-order chi connectivity index (χ1) is 9.09. The molecule has 1 N–H and O–H groups in total. The highest BCUT2D eigenvalue weighted by Crippen LogP contribution is 2.49. The van der Waals surface area contributed by atoms with E-state index in [0.717, 1.165) is 25.7 Å². The van der Waals surface area contributed by atoms with Gasteiger partial charge in [0.2, 0.25) is 0 Å². The van der Waals surface area contributed by atoms with Crippen molar-refractivity contribution >= 4 is 0 Å². The summed E-state index contributed by atoms with van der Waals surface area (Å²) in [6, 6.07) is 8.81. The van der Waals surface area contributed by atoms with E-state index in [0.29, 0.717) is 17.8 Å². The van der Waals surface area contributed by atoms with Crippen LogP contribution in [-0.4, -0.2) is 10.7 Å². The van der Waals surface area contributed by atoms with Gasteiger partial charge in [0.15, 0.2) is 0 Å². The molecule has 1 fully saturated rings. The van der Waals surface area contributed by atoms with Crippen molar-refractivity contribution < 1.29 is 5.11 Å². The molecule has 0 aliphatic heterocycles. The highest BCUT2D eigenvalue weighted by molar-refractivity contribution is 5.31. The Morgan fingerprint density at radius 1 is 1.11 bits per heavy atom. The molecule has 1 aromatic carbocycles. The first-order valence-corrected chi connectivity index (χ1v) is 7.88. The largest absolute Gasteiger partial charge is 0.389 e. The average molecular weight is 258 g/mol. The Kier molecular flexibility index (Phi) is 3.42. The summed E-state index contributed by atoms with van der Waals surface area (Å²) < 4.78 is 0. The summed E-state index contributed by atoms with van der Waals surface area (Å²) in [6.07, 6.45) is 6.75. The Morgan fingerprint density at radius 2 is 1.63 bits per heavy atom. The number of aliphatic hydroxyl groups is 1. The van der Waals surface area contributed by atoms with Crippen molar-refractivity contribution in [2.75, 3.05) is 0 Å². The number of fused-ring (bicyclic) bond motifs is 3. The number of benzene rings is 1. The molecule has 104 valence electrons. The third-order valence-corrected chi connectivity index (χ3v) is 5.45. The molecule has 2 bridgehead atoms. The fourth-order valence-electron chi connectivity index (χ4n) is 4.21. The molecule has 1 heteroatoms. The van der Waals surface area contributed by atoms with Crippen molar-refractivity contribution in [2.24, 2.45) is 17.8 Å². The van der Waals surface area contributed by atoms with E-state index in [-0.39, 0.29) is 0 Å². The summed E-state index contributed by atoms with van der Waals surface area (Å²) in [5, 5.41) is 11.3. The second kappa shape index (κ2) is 4.94. The highest BCUT2D eigenvalue weighted by Gasteiger charge is 2.49. The van der Waals surface area contributed by atoms with E-state index >= 15 is 0 Å². The molecule has 2 aliphatic rings. The van der Waals surface area contributed by atoms with Gasteiger partial charge in [-0.2, -0.15) is 0 Å². The van der Waals surface area contributed by atoms with E-state index in [2.05, 4.69) is 38.1 Å². The van der Waals surface area contributed by atoms with Gasteiger partial charge in [-0.1, -0.05) is 38.1 Å². The standard InChI is InChI=1S/C18H26O/c1-13(2)9-10-18(19)16-7-8-17(18)12-15-6-4-3-5-14(15)11-16/h3-6,13,16-17,19H,7-12H2,1-2H3. The quantitative estimate of drug-likeness (QED) is 0.869. The SMILES string of the molecule is CC(C)CCC1(O)C2CCC1Cc1ccccc1C2. The lowest BCUT2D eigenvalue weighted by atomic mass is 9.78. The lowest BCUT2D eigenvalue weighted by Gasteiger charge is -2.34. The molecule has 3 rings (SSSR count). The van der Waals surface area contributed by atoms with Crippen molar-refractivity contribution in [1.82, 2.24) is 0 Å². The van der Waals surface area contributed by atoms with Crippen LogP contribution in [0.5, 0.6) is 0 Å². The fourth-order valence-corrected chi connectivity index (χ4v) is 4.21. The Balaban J connectivity index is 1.86. The second-order valence-electron chi connectivity index (χ2n) is 7.07. The summed E-state index contributed by atoms with van der Waals surface area (Å²) >= 11 is 0. The maximum Gasteiger partial charge on any atom is 0.0710 e. The molecule has 0 spiro atoms. The normalized spacial score (nSPS) is 33.3. The second-order valence-corrected chi connectivity index (χ2v) is 7.07. The van der Waals surface area contributed by atoms with Gasteiger partial charge in [0, 0.05) is 0 Å². The van der Waals surface area contributed by atoms with Crippen molar-refractivity contribution in [3.8, 4) is 0 Å². The van der Waals surface area contributed by atoms with E-state index < -0.39 is 5.60 Å². The van der Waals surface area contributed by atoms with Crippen LogP contribution in [0.25, 0.3) is 0 Å². The zero-order valence-electron chi connectivity index (χ0n) is 12.2. The first-order valence-electron chi connectivity index (χ1n) is 7.88. The minimum atomic E-state index is -0.400. The molecule has 19 heavy (non-hydrogen) atoms. The predicted octanol–water partition coefficient (Wildman–Crippen LogP) is 3.98. The van der Waals surface area contributed by atoms with E-state index in [1.165, 1.54) is 24.0 Å². The van der Waals surface area contributed by atoms with Crippen molar-refractivity contribution in [3.63, 3.8) is 0 Å². The van der Waals surface area contributed by atoms with Gasteiger partial charge in [-0.25, -0.2) is 0 Å². The number of rotatable bonds is 3. The summed E-state index contributed by atoms with van der Waals surface area (Å²) in [5.41, 5.74) is 2.57. The zero-order valence-corrected chi connectivity index (χ0v) is 12.2. The molecule has 0 amide bonds. The van der Waals surface area contributed by atoms with Gasteiger partial charge in [0.05, 0.1) is 5.60 Å². The van der Waals surface area contributed by atoms with Crippen LogP contribution in [0.1, 0.15) is 50.7 Å². The highest BCUT2D eigenvalue weighted by atomic mass is 16.3. The summed E-state index contributed by atoms with van der Waals surface area (Å²) in [6.45, 7) is 4.52. The zero-order chi connectivity index (χ0) is 13.5. The van der Waals surface area contributed by atoms with Crippen LogP contribution in [0.3, 0.4) is 0 Å². The lowest BCUT2D eigenvalue weighted by Crippen LogP contribution is -2.40. The van der Waals surface area contributed by atoms with Gasteiger partial charge in [0.1, 0.15) is 0 Å². The Morgan fingerprint density at radius 3 is 2.11 bits per heavy atom. The van der Waals surface area contributed by atoms with Gasteiger partial charge in [-0.3, -0.25) is 0 Å². The molecule has 2 atom stereocenters. The summed E-state index contributed by atoms with van der Waals surface area (Å²) in [5.74, 6) is 1.66. The smallest absolute Gasteiger partial charge is 0.0710 e. The van der Waals surface area contributed by atoms with Crippen LogP contribution in [0.2, 0.25) is 0 Å². The van der Waals surface area contributed by atoms with Gasteiger partial charge in [0.25, 0.3) is 0 Å².